The van der Waals surface area contributed by atoms with Crippen LogP contribution in [0.15, 0.2) is 36.5 Å². The second-order valence-electron chi connectivity index (χ2n) is 3.63. The van der Waals surface area contributed by atoms with Crippen molar-refractivity contribution in [3.8, 4) is 11.8 Å². The van der Waals surface area contributed by atoms with Crippen molar-refractivity contribution in [2.45, 2.75) is 6.61 Å². The first kappa shape index (κ1) is 14.0. The first-order chi connectivity index (χ1) is 9.61. The van der Waals surface area contributed by atoms with Crippen LogP contribution < -0.4 is 10.1 Å². The average molecular weight is 296 g/mol. The number of hydrogen-bond donors (Lipinski definition) is 1. The summed E-state index contributed by atoms with van der Waals surface area (Å²) in [5, 5.41) is 11.7. The zero-order chi connectivity index (χ0) is 14.5. The van der Waals surface area contributed by atoms with Gasteiger partial charge in [-0.3, -0.25) is 0 Å². The Labute approximate surface area is 118 Å². The van der Waals surface area contributed by atoms with Gasteiger partial charge in [-0.15, -0.1) is 0 Å². The minimum absolute atomic E-state index is 0.0391. The predicted octanol–water partition coefficient (Wildman–Crippen LogP) is 3.95. The molecule has 0 bridgehead atoms. The lowest BCUT2D eigenvalue weighted by Crippen LogP contribution is -2.05. The zero-order valence-corrected chi connectivity index (χ0v) is 10.7. The average Bonchev–Trinajstić information content (AvgIpc) is 2.42. The smallest absolute Gasteiger partial charge is 0.387 e. The third-order valence-electron chi connectivity index (χ3n) is 2.37. The minimum atomic E-state index is -2.94. The van der Waals surface area contributed by atoms with Crippen LogP contribution in [0.1, 0.15) is 5.56 Å². The number of rotatable bonds is 4. The van der Waals surface area contributed by atoms with E-state index in [0.29, 0.717) is 0 Å². The molecule has 0 aliphatic rings. The summed E-state index contributed by atoms with van der Waals surface area (Å²) < 4.78 is 29.0. The Morgan fingerprint density at radius 1 is 1.30 bits per heavy atom. The van der Waals surface area contributed by atoms with Gasteiger partial charge in [0.2, 0.25) is 0 Å². The number of nitrogens with zero attached hydrogens (tertiary/aromatic N) is 2. The highest BCUT2D eigenvalue weighted by molar-refractivity contribution is 6.34. The molecule has 0 aliphatic heterocycles. The van der Waals surface area contributed by atoms with Gasteiger partial charge in [0, 0.05) is 6.20 Å². The Morgan fingerprint density at radius 3 is 2.75 bits per heavy atom. The van der Waals surface area contributed by atoms with Crippen molar-refractivity contribution < 1.29 is 13.5 Å². The summed E-state index contributed by atoms with van der Waals surface area (Å²) in [6.07, 6.45) is 1.39. The van der Waals surface area contributed by atoms with Crippen LogP contribution in [0.2, 0.25) is 5.02 Å². The molecule has 1 aromatic carbocycles. The van der Waals surface area contributed by atoms with E-state index < -0.39 is 6.61 Å². The Balaban J connectivity index is 2.34. The Hall–Kier alpha value is -2.39. The summed E-state index contributed by atoms with van der Waals surface area (Å²) in [4.78, 5) is 3.97. The highest BCUT2D eigenvalue weighted by Crippen LogP contribution is 2.31. The molecule has 1 N–H and O–H groups in total. The molecule has 102 valence electrons. The standard InChI is InChI=1S/C13H8ClF2N3O/c14-11-8(7-17)5-6-18-12(11)19-9-3-1-2-4-10(9)20-13(15)16/h1-6,13H,(H,18,19). The van der Waals surface area contributed by atoms with Crippen molar-refractivity contribution in [3.05, 3.63) is 47.1 Å². The molecule has 0 amide bonds. The zero-order valence-electron chi connectivity index (χ0n) is 9.98. The summed E-state index contributed by atoms with van der Waals surface area (Å²) >= 11 is 5.98. The molecule has 0 radical (unpaired) electrons. The number of nitriles is 1. The lowest BCUT2D eigenvalue weighted by atomic mass is 10.2. The monoisotopic (exact) mass is 295 g/mol. The number of nitrogens with one attached hydrogen (secondary N) is 1. The van der Waals surface area contributed by atoms with E-state index in [0.717, 1.165) is 0 Å². The fourth-order valence-electron chi connectivity index (χ4n) is 1.51. The van der Waals surface area contributed by atoms with Gasteiger partial charge in [0.15, 0.2) is 5.82 Å². The van der Waals surface area contributed by atoms with Gasteiger partial charge in [-0.05, 0) is 18.2 Å². The predicted molar refractivity (Wildman–Crippen MR) is 70.3 cm³/mol. The van der Waals surface area contributed by atoms with Crippen LogP contribution in [0.5, 0.6) is 5.75 Å². The van der Waals surface area contributed by atoms with Crippen LogP contribution in [0.25, 0.3) is 0 Å². The van der Waals surface area contributed by atoms with Crippen LogP contribution in [0, 0.1) is 11.3 Å². The van der Waals surface area contributed by atoms with Gasteiger partial charge in [-0.1, -0.05) is 23.7 Å². The third-order valence-corrected chi connectivity index (χ3v) is 2.75. The maximum Gasteiger partial charge on any atom is 0.387 e. The van der Waals surface area contributed by atoms with E-state index >= 15 is 0 Å². The normalized spacial score (nSPS) is 10.2. The fourth-order valence-corrected chi connectivity index (χ4v) is 1.71. The molecule has 0 atom stereocenters. The summed E-state index contributed by atoms with van der Waals surface area (Å²) in [5.74, 6) is 0.152. The molecule has 2 aromatic rings. The summed E-state index contributed by atoms with van der Waals surface area (Å²) in [6.45, 7) is -2.94. The van der Waals surface area contributed by atoms with Crippen LogP contribution >= 0.6 is 11.6 Å². The number of anilines is 2. The summed E-state index contributed by atoms with van der Waals surface area (Å²) in [6, 6.07) is 9.48. The van der Waals surface area contributed by atoms with E-state index in [4.69, 9.17) is 16.9 Å². The van der Waals surface area contributed by atoms with Crippen LogP contribution in [0.4, 0.5) is 20.3 Å². The van der Waals surface area contributed by atoms with Crippen molar-refractivity contribution >= 4 is 23.1 Å². The molecular weight excluding hydrogens is 288 g/mol. The molecule has 0 aliphatic carbocycles. The minimum Gasteiger partial charge on any atom is -0.433 e. The summed E-state index contributed by atoms with van der Waals surface area (Å²) in [5.41, 5.74) is 0.508. The van der Waals surface area contributed by atoms with Gasteiger partial charge >= 0.3 is 6.61 Å². The third kappa shape index (κ3) is 3.13. The topological polar surface area (TPSA) is 57.9 Å². The van der Waals surface area contributed by atoms with E-state index in [1.807, 2.05) is 6.07 Å². The van der Waals surface area contributed by atoms with Crippen LogP contribution in [0.3, 0.4) is 0 Å². The highest BCUT2D eigenvalue weighted by atomic mass is 35.5. The van der Waals surface area contributed by atoms with Crippen molar-refractivity contribution in [3.63, 3.8) is 0 Å². The molecule has 0 spiro atoms. The van der Waals surface area contributed by atoms with E-state index in [9.17, 15) is 8.78 Å². The second-order valence-corrected chi connectivity index (χ2v) is 4.01. The number of halogens is 3. The van der Waals surface area contributed by atoms with E-state index in [2.05, 4.69) is 15.0 Å². The van der Waals surface area contributed by atoms with Crippen molar-refractivity contribution in [1.82, 2.24) is 4.98 Å². The molecule has 1 heterocycles. The lowest BCUT2D eigenvalue weighted by Gasteiger charge is -2.13. The molecule has 1 aromatic heterocycles. The van der Waals surface area contributed by atoms with Crippen molar-refractivity contribution in [2.24, 2.45) is 0 Å². The molecule has 7 heteroatoms. The number of ether oxygens (including phenoxy) is 1. The van der Waals surface area contributed by atoms with E-state index in [-0.39, 0.29) is 27.8 Å². The van der Waals surface area contributed by atoms with Gasteiger partial charge in [0.05, 0.1) is 11.3 Å². The largest absolute Gasteiger partial charge is 0.433 e. The van der Waals surface area contributed by atoms with Gasteiger partial charge in [0.1, 0.15) is 16.8 Å². The maximum absolute atomic E-state index is 12.3. The Morgan fingerprint density at radius 2 is 2.05 bits per heavy atom. The van der Waals surface area contributed by atoms with Crippen LogP contribution in [-0.4, -0.2) is 11.6 Å². The molecule has 0 unspecified atom stereocenters. The number of para-hydroxylation sites is 2. The van der Waals surface area contributed by atoms with Crippen molar-refractivity contribution in [1.29, 1.82) is 5.26 Å². The molecule has 0 saturated heterocycles. The van der Waals surface area contributed by atoms with E-state index in [1.54, 1.807) is 12.1 Å². The number of aromatic nitrogens is 1. The Bertz CT molecular complexity index is 658. The van der Waals surface area contributed by atoms with Crippen LogP contribution in [-0.2, 0) is 0 Å². The highest BCUT2D eigenvalue weighted by Gasteiger charge is 2.12. The number of benzene rings is 1. The Kier molecular flexibility index (Phi) is 4.33. The van der Waals surface area contributed by atoms with Gasteiger partial charge in [0.25, 0.3) is 0 Å². The fraction of sp³-hybridized carbons (Fsp3) is 0.0769. The van der Waals surface area contributed by atoms with E-state index in [1.165, 1.54) is 24.4 Å². The van der Waals surface area contributed by atoms with Crippen molar-refractivity contribution in [2.75, 3.05) is 5.32 Å². The quantitative estimate of drug-likeness (QED) is 0.928. The molecule has 4 nitrogen and oxygen atoms in total. The molecule has 0 saturated carbocycles. The van der Waals surface area contributed by atoms with Gasteiger partial charge < -0.3 is 10.1 Å². The summed E-state index contributed by atoms with van der Waals surface area (Å²) in [7, 11) is 0. The SMILES string of the molecule is N#Cc1ccnc(Nc2ccccc2OC(F)F)c1Cl. The number of alkyl halides is 2. The molecule has 0 fully saturated rings. The molecule has 2 rings (SSSR count). The van der Waals surface area contributed by atoms with Gasteiger partial charge in [-0.2, -0.15) is 14.0 Å². The molecule has 20 heavy (non-hydrogen) atoms. The first-order valence-corrected chi connectivity index (χ1v) is 5.85. The number of hydrogen-bond acceptors (Lipinski definition) is 4. The first-order valence-electron chi connectivity index (χ1n) is 5.47. The number of pyridine rings is 1. The molecular formula is C13H8ClF2N3O. The maximum atomic E-state index is 12.3. The lowest BCUT2D eigenvalue weighted by molar-refractivity contribution is -0.0493. The second kappa shape index (κ2) is 6.17. The van der Waals surface area contributed by atoms with Gasteiger partial charge in [-0.25, -0.2) is 4.98 Å².